The third-order valence-corrected chi connectivity index (χ3v) is 4.62. The van der Waals surface area contributed by atoms with Crippen molar-refractivity contribution in [3.8, 4) is 5.75 Å². The number of nitrogen functional groups attached to an aromatic ring is 1. The highest BCUT2D eigenvalue weighted by Crippen LogP contribution is 2.14. The van der Waals surface area contributed by atoms with E-state index in [-0.39, 0.29) is 0 Å². The molecule has 0 saturated heterocycles. The van der Waals surface area contributed by atoms with Crippen LogP contribution in [0, 0.1) is 6.92 Å². The van der Waals surface area contributed by atoms with E-state index in [0.29, 0.717) is 18.1 Å². The minimum atomic E-state index is -0.843. The topological polar surface area (TPSA) is 52.3 Å². The first kappa shape index (κ1) is 15.6. The second-order valence-electron chi connectivity index (χ2n) is 4.99. The fraction of sp³-hybridized carbons (Fsp3) is 0.294. The Morgan fingerprint density at radius 1 is 1.10 bits per heavy atom. The summed E-state index contributed by atoms with van der Waals surface area (Å²) in [5.74, 6) is 2.08. The van der Waals surface area contributed by atoms with Gasteiger partial charge in [0.15, 0.2) is 0 Å². The molecule has 0 amide bonds. The van der Waals surface area contributed by atoms with Crippen LogP contribution in [-0.4, -0.2) is 16.6 Å². The van der Waals surface area contributed by atoms with Gasteiger partial charge in [-0.2, -0.15) is 0 Å². The Balaban J connectivity index is 1.70. The predicted molar refractivity (Wildman–Crippen MR) is 88.9 cm³/mol. The number of hydrogen-bond donors (Lipinski definition) is 1. The summed E-state index contributed by atoms with van der Waals surface area (Å²) in [6.45, 7) is 2.63. The van der Waals surface area contributed by atoms with Crippen LogP contribution >= 0.6 is 0 Å². The van der Waals surface area contributed by atoms with Crippen LogP contribution in [0.3, 0.4) is 0 Å². The Hall–Kier alpha value is -1.81. The van der Waals surface area contributed by atoms with Gasteiger partial charge in [-0.3, -0.25) is 4.21 Å². The molecule has 2 N–H and O–H groups in total. The van der Waals surface area contributed by atoms with E-state index in [1.165, 1.54) is 5.56 Å². The summed E-state index contributed by atoms with van der Waals surface area (Å²) in [5.41, 5.74) is 8.70. The van der Waals surface area contributed by atoms with Crippen LogP contribution in [-0.2, 0) is 16.6 Å². The van der Waals surface area contributed by atoms with E-state index in [9.17, 15) is 4.21 Å². The van der Waals surface area contributed by atoms with Gasteiger partial charge in [-0.1, -0.05) is 24.3 Å². The Morgan fingerprint density at radius 2 is 1.81 bits per heavy atom. The third-order valence-electron chi connectivity index (χ3n) is 3.24. The summed E-state index contributed by atoms with van der Waals surface area (Å²) in [5, 5.41) is 0. The smallest absolute Gasteiger partial charge is 0.119 e. The maximum atomic E-state index is 12.1. The molecule has 2 rings (SSSR count). The first-order valence-electron chi connectivity index (χ1n) is 7.03. The summed E-state index contributed by atoms with van der Waals surface area (Å²) in [7, 11) is -0.843. The van der Waals surface area contributed by atoms with Gasteiger partial charge in [0.2, 0.25) is 0 Å². The molecular formula is C17H21NO2S. The molecule has 0 aromatic heterocycles. The van der Waals surface area contributed by atoms with Gasteiger partial charge in [-0.15, -0.1) is 0 Å². The highest BCUT2D eigenvalue weighted by molar-refractivity contribution is 7.84. The number of ether oxygens (including phenoxy) is 1. The third kappa shape index (κ3) is 5.23. The van der Waals surface area contributed by atoms with Crippen molar-refractivity contribution < 1.29 is 8.95 Å². The fourth-order valence-electron chi connectivity index (χ4n) is 1.99. The maximum absolute atomic E-state index is 12.1. The maximum Gasteiger partial charge on any atom is 0.119 e. The van der Waals surface area contributed by atoms with Crippen molar-refractivity contribution in [3.63, 3.8) is 0 Å². The molecule has 0 spiro atoms. The zero-order chi connectivity index (χ0) is 15.1. The standard InChI is InChI=1S/C17H21NO2S/c1-14-5-2-3-6-15(14)13-21(19)12-4-11-20-17-9-7-16(18)8-10-17/h2-3,5-10H,4,11-13,18H2,1H3. The van der Waals surface area contributed by atoms with Crippen molar-refractivity contribution in [1.82, 2.24) is 0 Å². The SMILES string of the molecule is Cc1ccccc1CS(=O)CCCOc1ccc(N)cc1. The summed E-state index contributed by atoms with van der Waals surface area (Å²) >= 11 is 0. The first-order chi connectivity index (χ1) is 10.1. The molecule has 2 aromatic carbocycles. The molecular weight excluding hydrogens is 282 g/mol. The zero-order valence-electron chi connectivity index (χ0n) is 12.2. The van der Waals surface area contributed by atoms with Crippen molar-refractivity contribution in [1.29, 1.82) is 0 Å². The van der Waals surface area contributed by atoms with E-state index in [1.54, 1.807) is 0 Å². The average molecular weight is 303 g/mol. The number of anilines is 1. The van der Waals surface area contributed by atoms with E-state index in [1.807, 2.05) is 42.5 Å². The largest absolute Gasteiger partial charge is 0.494 e. The lowest BCUT2D eigenvalue weighted by Gasteiger charge is -2.07. The minimum absolute atomic E-state index is 0.573. The van der Waals surface area contributed by atoms with Gasteiger partial charge >= 0.3 is 0 Å². The number of hydrogen-bond acceptors (Lipinski definition) is 3. The molecule has 112 valence electrons. The first-order valence-corrected chi connectivity index (χ1v) is 8.52. The molecule has 0 bridgehead atoms. The number of aryl methyl sites for hydroxylation is 1. The normalized spacial score (nSPS) is 12.0. The molecule has 21 heavy (non-hydrogen) atoms. The van der Waals surface area contributed by atoms with Crippen LogP contribution in [0.2, 0.25) is 0 Å². The van der Waals surface area contributed by atoms with Crippen LogP contribution in [0.5, 0.6) is 5.75 Å². The Kier molecular flexibility index (Phi) is 5.81. The highest BCUT2D eigenvalue weighted by atomic mass is 32.2. The van der Waals surface area contributed by atoms with E-state index in [2.05, 4.69) is 13.0 Å². The quantitative estimate of drug-likeness (QED) is 0.631. The van der Waals surface area contributed by atoms with Crippen LogP contribution in [0.25, 0.3) is 0 Å². The lowest BCUT2D eigenvalue weighted by atomic mass is 10.1. The molecule has 0 fully saturated rings. The molecule has 1 atom stereocenters. The van der Waals surface area contributed by atoms with Gasteiger partial charge < -0.3 is 10.5 Å². The molecule has 3 nitrogen and oxygen atoms in total. The second kappa shape index (κ2) is 7.84. The Morgan fingerprint density at radius 3 is 2.52 bits per heavy atom. The van der Waals surface area contributed by atoms with Crippen LogP contribution < -0.4 is 10.5 Å². The molecule has 1 unspecified atom stereocenters. The number of nitrogens with two attached hydrogens (primary N) is 1. The van der Waals surface area contributed by atoms with Gasteiger partial charge in [-0.05, 0) is 48.7 Å². The monoisotopic (exact) mass is 303 g/mol. The Bertz CT molecular complexity index is 596. The molecule has 0 heterocycles. The van der Waals surface area contributed by atoms with Gasteiger partial charge in [0.05, 0.1) is 6.61 Å². The van der Waals surface area contributed by atoms with Gasteiger partial charge in [0, 0.05) is 28.0 Å². The molecule has 2 aromatic rings. The molecule has 4 heteroatoms. The van der Waals surface area contributed by atoms with Crippen molar-refractivity contribution in [2.45, 2.75) is 19.1 Å². The summed E-state index contributed by atoms with van der Waals surface area (Å²) in [6, 6.07) is 15.4. The molecule has 0 aliphatic carbocycles. The summed E-state index contributed by atoms with van der Waals surface area (Å²) in [6.07, 6.45) is 0.781. The van der Waals surface area contributed by atoms with Gasteiger partial charge in [0.25, 0.3) is 0 Å². The van der Waals surface area contributed by atoms with Crippen LogP contribution in [0.15, 0.2) is 48.5 Å². The zero-order valence-corrected chi connectivity index (χ0v) is 13.1. The van der Waals surface area contributed by atoms with E-state index in [0.717, 1.165) is 23.4 Å². The van der Waals surface area contributed by atoms with Crippen LogP contribution in [0.4, 0.5) is 5.69 Å². The second-order valence-corrected chi connectivity index (χ2v) is 6.56. The van der Waals surface area contributed by atoms with E-state index < -0.39 is 10.8 Å². The average Bonchev–Trinajstić information content (AvgIpc) is 2.48. The molecule has 0 saturated carbocycles. The summed E-state index contributed by atoms with van der Waals surface area (Å²) in [4.78, 5) is 0. The Labute approximate surface area is 128 Å². The molecule has 0 radical (unpaired) electrons. The highest BCUT2D eigenvalue weighted by Gasteiger charge is 2.04. The minimum Gasteiger partial charge on any atom is -0.494 e. The lowest BCUT2D eigenvalue weighted by molar-refractivity contribution is 0.318. The summed E-state index contributed by atoms with van der Waals surface area (Å²) < 4.78 is 17.7. The lowest BCUT2D eigenvalue weighted by Crippen LogP contribution is -2.07. The molecule has 0 aliphatic heterocycles. The van der Waals surface area contributed by atoms with Crippen molar-refractivity contribution in [2.75, 3.05) is 18.1 Å². The number of rotatable bonds is 7. The van der Waals surface area contributed by atoms with Crippen molar-refractivity contribution in [3.05, 3.63) is 59.7 Å². The predicted octanol–water partition coefficient (Wildman–Crippen LogP) is 3.30. The van der Waals surface area contributed by atoms with Gasteiger partial charge in [-0.25, -0.2) is 0 Å². The van der Waals surface area contributed by atoms with Crippen molar-refractivity contribution >= 4 is 16.5 Å². The van der Waals surface area contributed by atoms with E-state index >= 15 is 0 Å². The van der Waals surface area contributed by atoms with E-state index in [4.69, 9.17) is 10.5 Å². The fourth-order valence-corrected chi connectivity index (χ4v) is 3.25. The number of benzene rings is 2. The van der Waals surface area contributed by atoms with Crippen molar-refractivity contribution in [2.24, 2.45) is 0 Å². The molecule has 0 aliphatic rings. The van der Waals surface area contributed by atoms with Crippen LogP contribution in [0.1, 0.15) is 17.5 Å². The van der Waals surface area contributed by atoms with Gasteiger partial charge in [0.1, 0.15) is 5.75 Å².